The molecule has 0 aromatic heterocycles. The first-order valence-corrected chi connectivity index (χ1v) is 12.5. The van der Waals surface area contributed by atoms with Crippen molar-refractivity contribution in [2.24, 2.45) is 0 Å². The Hall–Kier alpha value is -2.28. The molecular formula is C32H48O. The lowest BCUT2D eigenvalue weighted by Gasteiger charge is -2.31. The van der Waals surface area contributed by atoms with Crippen LogP contribution in [-0.2, 0) is 22.0 Å². The maximum absolute atomic E-state index is 5.26. The maximum atomic E-state index is 5.26. The number of benzene rings is 2. The van der Waals surface area contributed by atoms with E-state index in [2.05, 4.69) is 105 Å². The van der Waals surface area contributed by atoms with Gasteiger partial charge in [0, 0.05) is 5.92 Å². The third-order valence-corrected chi connectivity index (χ3v) is 6.21. The molecule has 2 rings (SSSR count). The van der Waals surface area contributed by atoms with Gasteiger partial charge in [0.2, 0.25) is 0 Å². The van der Waals surface area contributed by atoms with E-state index >= 15 is 0 Å². The van der Waals surface area contributed by atoms with Crippen molar-refractivity contribution in [3.05, 3.63) is 94.8 Å². The van der Waals surface area contributed by atoms with E-state index in [1.807, 2.05) is 13.8 Å². The van der Waals surface area contributed by atoms with Crippen LogP contribution in [0.4, 0.5) is 0 Å². The zero-order chi connectivity index (χ0) is 25.4. The van der Waals surface area contributed by atoms with Crippen molar-refractivity contribution in [3.8, 4) is 0 Å². The number of allylic oxidation sites excluding steroid dienone is 1. The first kappa shape index (κ1) is 28.8. The van der Waals surface area contributed by atoms with E-state index in [1.54, 1.807) is 0 Å². The van der Waals surface area contributed by atoms with Gasteiger partial charge < -0.3 is 4.74 Å². The molecule has 1 nitrogen and oxygen atoms in total. The smallest absolute Gasteiger partial charge is 0.0876 e. The first-order valence-electron chi connectivity index (χ1n) is 12.5. The molecule has 0 aliphatic carbocycles. The van der Waals surface area contributed by atoms with Gasteiger partial charge in [-0.25, -0.2) is 0 Å². The van der Waals surface area contributed by atoms with Gasteiger partial charge in [-0.1, -0.05) is 98.4 Å². The zero-order valence-corrected chi connectivity index (χ0v) is 23.1. The average Bonchev–Trinajstić information content (AvgIpc) is 2.74. The molecular weight excluding hydrogens is 400 g/mol. The Morgan fingerprint density at radius 3 is 2.00 bits per heavy atom. The highest BCUT2D eigenvalue weighted by molar-refractivity contribution is 5.51. The van der Waals surface area contributed by atoms with Gasteiger partial charge in [-0.2, -0.15) is 0 Å². The van der Waals surface area contributed by atoms with Crippen molar-refractivity contribution in [2.75, 3.05) is 6.61 Å². The Kier molecular flexibility index (Phi) is 10.7. The largest absolute Gasteiger partial charge is 0.502 e. The van der Waals surface area contributed by atoms with Crippen molar-refractivity contribution in [1.29, 1.82) is 0 Å². The fourth-order valence-electron chi connectivity index (χ4n) is 4.38. The molecule has 0 heterocycles. The quantitative estimate of drug-likeness (QED) is 0.222. The summed E-state index contributed by atoms with van der Waals surface area (Å²) in [6.45, 7) is 30.9. The van der Waals surface area contributed by atoms with Gasteiger partial charge in [-0.15, -0.1) is 6.58 Å². The van der Waals surface area contributed by atoms with Crippen LogP contribution in [0, 0.1) is 13.8 Å². The predicted molar refractivity (Wildman–Crippen MR) is 148 cm³/mol. The van der Waals surface area contributed by atoms with Crippen LogP contribution in [0.25, 0.3) is 0 Å². The van der Waals surface area contributed by atoms with Crippen LogP contribution in [-0.4, -0.2) is 6.61 Å². The molecule has 1 atom stereocenters. The fourth-order valence-corrected chi connectivity index (χ4v) is 4.38. The second-order valence-corrected chi connectivity index (χ2v) is 10.8. The third-order valence-electron chi connectivity index (χ3n) is 6.21. The maximum Gasteiger partial charge on any atom is 0.0876 e. The van der Waals surface area contributed by atoms with E-state index in [4.69, 9.17) is 4.74 Å². The van der Waals surface area contributed by atoms with Gasteiger partial charge in [0.1, 0.15) is 0 Å². The van der Waals surface area contributed by atoms with Crippen LogP contribution in [0.5, 0.6) is 0 Å². The molecule has 2 aromatic carbocycles. The summed E-state index contributed by atoms with van der Waals surface area (Å²) in [7, 11) is 0. The molecule has 0 aliphatic rings. The molecule has 0 amide bonds. The monoisotopic (exact) mass is 448 g/mol. The molecule has 2 aromatic rings. The summed E-state index contributed by atoms with van der Waals surface area (Å²) in [5.74, 6) is 0.182. The molecule has 182 valence electrons. The number of hydrogen-bond donors (Lipinski definition) is 0. The van der Waals surface area contributed by atoms with E-state index < -0.39 is 0 Å². The number of ether oxygens (including phenoxy) is 1. The van der Waals surface area contributed by atoms with Crippen molar-refractivity contribution in [3.63, 3.8) is 0 Å². The molecule has 1 heteroatoms. The minimum Gasteiger partial charge on any atom is -0.502 e. The lowest BCUT2D eigenvalue weighted by atomic mass is 9.74. The topological polar surface area (TPSA) is 9.23 Å². The summed E-state index contributed by atoms with van der Waals surface area (Å²) in [6.07, 6.45) is 5.64. The minimum atomic E-state index is 0.0955. The number of rotatable bonds is 8. The highest BCUT2D eigenvalue weighted by atomic mass is 16.5. The SMILES string of the molecule is C=COCCCc1ccc(C(C=C)c2cc(C(C)(C)C)cc(C(C)(C)C)c2C)c(C)c1.CC. The van der Waals surface area contributed by atoms with Gasteiger partial charge in [0.15, 0.2) is 0 Å². The third kappa shape index (κ3) is 7.63. The van der Waals surface area contributed by atoms with Crippen LogP contribution < -0.4 is 0 Å². The Labute approximate surface area is 205 Å². The van der Waals surface area contributed by atoms with Crippen molar-refractivity contribution in [2.45, 2.75) is 98.8 Å². The molecule has 0 aliphatic heterocycles. The lowest BCUT2D eigenvalue weighted by Crippen LogP contribution is -2.20. The van der Waals surface area contributed by atoms with Crippen LogP contribution in [0.3, 0.4) is 0 Å². The highest BCUT2D eigenvalue weighted by Gasteiger charge is 2.26. The summed E-state index contributed by atoms with van der Waals surface area (Å²) in [4.78, 5) is 0. The molecule has 0 spiro atoms. The lowest BCUT2D eigenvalue weighted by molar-refractivity contribution is 0.246. The second kappa shape index (κ2) is 12.3. The molecule has 0 bridgehead atoms. The Balaban J connectivity index is 0.00000265. The van der Waals surface area contributed by atoms with Gasteiger partial charge in [-0.05, 0) is 76.5 Å². The van der Waals surface area contributed by atoms with E-state index in [-0.39, 0.29) is 16.7 Å². The zero-order valence-electron chi connectivity index (χ0n) is 23.1. The average molecular weight is 449 g/mol. The molecule has 0 fully saturated rings. The van der Waals surface area contributed by atoms with E-state index in [1.165, 1.54) is 45.2 Å². The van der Waals surface area contributed by atoms with Gasteiger partial charge in [0.05, 0.1) is 12.9 Å². The van der Waals surface area contributed by atoms with Gasteiger partial charge in [0.25, 0.3) is 0 Å². The predicted octanol–water partition coefficient (Wildman–Crippen LogP) is 9.34. The summed E-state index contributed by atoms with van der Waals surface area (Å²) in [5, 5.41) is 0. The fraction of sp³-hybridized carbons (Fsp3) is 0.500. The normalized spacial score (nSPS) is 12.4. The van der Waals surface area contributed by atoms with Crippen molar-refractivity contribution >= 4 is 0 Å². The molecule has 0 N–H and O–H groups in total. The van der Waals surface area contributed by atoms with Crippen LogP contribution in [0.1, 0.15) is 107 Å². The van der Waals surface area contributed by atoms with Gasteiger partial charge >= 0.3 is 0 Å². The van der Waals surface area contributed by atoms with E-state index in [0.717, 1.165) is 12.8 Å². The van der Waals surface area contributed by atoms with E-state index in [0.29, 0.717) is 6.61 Å². The molecule has 0 saturated carbocycles. The number of hydrogen-bond acceptors (Lipinski definition) is 1. The minimum absolute atomic E-state index is 0.0955. The molecule has 33 heavy (non-hydrogen) atoms. The van der Waals surface area contributed by atoms with Gasteiger partial charge in [-0.3, -0.25) is 0 Å². The van der Waals surface area contributed by atoms with Crippen molar-refractivity contribution in [1.82, 2.24) is 0 Å². The van der Waals surface area contributed by atoms with Crippen LogP contribution in [0.2, 0.25) is 0 Å². The van der Waals surface area contributed by atoms with Crippen molar-refractivity contribution < 1.29 is 4.74 Å². The molecule has 0 saturated heterocycles. The second-order valence-electron chi connectivity index (χ2n) is 10.8. The standard InChI is InChI=1S/C30H42O.C2H6/c1-11-25(26-16-15-23(18-21(26)3)14-13-17-31-12-2)27-19-24(29(5,6)7)20-28(22(27)4)30(8,9)10;1-2/h11-12,15-16,18-20,25H,1-2,13-14,17H2,3-10H3;1-2H3. The Morgan fingerprint density at radius 1 is 0.879 bits per heavy atom. The van der Waals surface area contributed by atoms with Crippen LogP contribution >= 0.6 is 0 Å². The molecule has 0 radical (unpaired) electrons. The van der Waals surface area contributed by atoms with E-state index in [9.17, 15) is 0 Å². The summed E-state index contributed by atoms with van der Waals surface area (Å²) >= 11 is 0. The van der Waals surface area contributed by atoms with Crippen LogP contribution in [0.15, 0.2) is 55.8 Å². The number of aryl methyl sites for hydroxylation is 2. The molecule has 1 unspecified atom stereocenters. The summed E-state index contributed by atoms with van der Waals surface area (Å²) in [5.41, 5.74) is 9.80. The summed E-state index contributed by atoms with van der Waals surface area (Å²) < 4.78 is 5.26. The Bertz CT molecular complexity index is 919. The summed E-state index contributed by atoms with van der Waals surface area (Å²) in [6, 6.07) is 11.7. The first-order chi connectivity index (χ1) is 15.4. The highest BCUT2D eigenvalue weighted by Crippen LogP contribution is 2.39. The Morgan fingerprint density at radius 2 is 1.52 bits per heavy atom.